The molecule has 0 atom stereocenters. The largest absolute Gasteiger partial charge is 0.504 e. The Kier molecular flexibility index (Phi) is 2.76. The highest BCUT2D eigenvalue weighted by atomic mass is 19.4. The summed E-state index contributed by atoms with van der Waals surface area (Å²) in [6.07, 6.45) is -4.91. The van der Waals surface area contributed by atoms with E-state index < -0.39 is 34.7 Å². The third kappa shape index (κ3) is 1.92. The van der Waals surface area contributed by atoms with Gasteiger partial charge in [-0.15, -0.1) is 0 Å². The van der Waals surface area contributed by atoms with Crippen LogP contribution in [0.15, 0.2) is 12.1 Å². The predicted octanol–water partition coefficient (Wildman–Crippen LogP) is 1.77. The van der Waals surface area contributed by atoms with Crippen molar-refractivity contribution in [2.75, 3.05) is 7.11 Å². The van der Waals surface area contributed by atoms with Crippen LogP contribution in [-0.4, -0.2) is 32.9 Å². The summed E-state index contributed by atoms with van der Waals surface area (Å²) in [5, 5.41) is 21.6. The van der Waals surface area contributed by atoms with E-state index in [9.17, 15) is 23.1 Å². The van der Waals surface area contributed by atoms with Gasteiger partial charge in [0.05, 0.1) is 12.7 Å². The highest BCUT2D eigenvalue weighted by Gasteiger charge is 2.39. The summed E-state index contributed by atoms with van der Waals surface area (Å²) in [4.78, 5) is 11.0. The highest BCUT2D eigenvalue weighted by molar-refractivity contribution is 5.97. The lowest BCUT2D eigenvalue weighted by Gasteiger charge is -2.04. The molecule has 2 N–H and O–H groups in total. The lowest BCUT2D eigenvalue weighted by molar-refractivity contribution is -0.142. The molecule has 0 saturated carbocycles. The predicted molar refractivity (Wildman–Crippen MR) is 55.4 cm³/mol. The first-order valence-corrected chi connectivity index (χ1v) is 4.86. The Balaban J connectivity index is 2.91. The number of aromatic carboxylic acids is 1. The maximum atomic E-state index is 12.6. The molecule has 0 aromatic carbocycles. The number of aromatic hydroxyl groups is 1. The highest BCUT2D eigenvalue weighted by Crippen LogP contribution is 2.39. The first-order chi connectivity index (χ1) is 8.77. The van der Waals surface area contributed by atoms with Crippen LogP contribution >= 0.6 is 0 Å². The number of carboxylic acids is 1. The number of carbonyl (C=O) groups is 1. The minimum atomic E-state index is -4.91. The van der Waals surface area contributed by atoms with E-state index in [-0.39, 0.29) is 5.88 Å². The molecule has 0 amide bonds. The van der Waals surface area contributed by atoms with Crippen molar-refractivity contribution in [1.29, 1.82) is 0 Å². The smallest absolute Gasteiger partial charge is 0.438 e. The summed E-state index contributed by atoms with van der Waals surface area (Å²) in [5.74, 6) is -2.87. The molecular weight excluding hydrogens is 269 g/mol. The van der Waals surface area contributed by atoms with Crippen molar-refractivity contribution >= 4 is 11.5 Å². The first kappa shape index (κ1) is 13.0. The van der Waals surface area contributed by atoms with Crippen LogP contribution in [-0.2, 0) is 6.18 Å². The molecule has 9 heteroatoms. The SMILES string of the molecule is COc1ccc(C(=O)O)c2c(O)c(C(F)(F)F)nn12. The Labute approximate surface area is 103 Å². The van der Waals surface area contributed by atoms with Gasteiger partial charge in [0.2, 0.25) is 11.6 Å². The number of aromatic nitrogens is 2. The van der Waals surface area contributed by atoms with Gasteiger partial charge in [-0.3, -0.25) is 0 Å². The quantitative estimate of drug-likeness (QED) is 0.873. The van der Waals surface area contributed by atoms with Crippen molar-refractivity contribution in [1.82, 2.24) is 9.61 Å². The van der Waals surface area contributed by atoms with E-state index in [0.29, 0.717) is 4.52 Å². The van der Waals surface area contributed by atoms with Gasteiger partial charge in [-0.2, -0.15) is 22.8 Å². The van der Waals surface area contributed by atoms with E-state index in [0.717, 1.165) is 12.1 Å². The van der Waals surface area contributed by atoms with Gasteiger partial charge >= 0.3 is 12.1 Å². The Morgan fingerprint density at radius 2 is 2.05 bits per heavy atom. The van der Waals surface area contributed by atoms with Gasteiger partial charge in [-0.05, 0) is 6.07 Å². The number of ether oxygens (including phenoxy) is 1. The molecule has 0 aliphatic rings. The molecule has 0 saturated heterocycles. The Morgan fingerprint density at radius 3 is 2.53 bits per heavy atom. The molecular formula is C10H7F3N2O4. The second kappa shape index (κ2) is 4.04. The van der Waals surface area contributed by atoms with Crippen LogP contribution in [0.5, 0.6) is 11.6 Å². The minimum absolute atomic E-state index is 0.134. The van der Waals surface area contributed by atoms with Crippen LogP contribution < -0.4 is 4.74 Å². The molecule has 0 fully saturated rings. The number of carboxylic acid groups (broad SMARTS) is 1. The maximum absolute atomic E-state index is 12.6. The lowest BCUT2D eigenvalue weighted by Crippen LogP contribution is -2.07. The molecule has 0 spiro atoms. The van der Waals surface area contributed by atoms with Crippen molar-refractivity contribution < 1.29 is 32.9 Å². The molecule has 6 nitrogen and oxygen atoms in total. The Hall–Kier alpha value is -2.45. The van der Waals surface area contributed by atoms with Crippen LogP contribution in [0.3, 0.4) is 0 Å². The van der Waals surface area contributed by atoms with E-state index in [1.165, 1.54) is 7.11 Å². The van der Waals surface area contributed by atoms with Crippen molar-refractivity contribution in [3.63, 3.8) is 0 Å². The van der Waals surface area contributed by atoms with Crippen LogP contribution in [0.4, 0.5) is 13.2 Å². The standard InChI is InChI=1S/C10H7F3N2O4/c1-19-5-3-2-4(9(17)18)6-7(16)8(10(11,12)13)14-15(5)6/h2-3,16H,1H3,(H,17,18). The molecule has 102 valence electrons. The van der Waals surface area contributed by atoms with E-state index in [4.69, 9.17) is 9.84 Å². The van der Waals surface area contributed by atoms with Gasteiger partial charge in [0.1, 0.15) is 5.52 Å². The molecule has 19 heavy (non-hydrogen) atoms. The summed E-state index contributed by atoms with van der Waals surface area (Å²) in [7, 11) is 1.18. The second-order valence-electron chi connectivity index (χ2n) is 3.55. The normalized spacial score (nSPS) is 11.8. The van der Waals surface area contributed by atoms with Gasteiger partial charge in [0.25, 0.3) is 0 Å². The molecule has 0 aliphatic carbocycles. The topological polar surface area (TPSA) is 84.1 Å². The summed E-state index contributed by atoms with van der Waals surface area (Å²) in [6, 6.07) is 2.17. The lowest BCUT2D eigenvalue weighted by atomic mass is 10.2. The van der Waals surface area contributed by atoms with Gasteiger partial charge in [0, 0.05) is 6.07 Å². The number of hydrogen-bond donors (Lipinski definition) is 2. The zero-order chi connectivity index (χ0) is 14.4. The molecule has 2 heterocycles. The van der Waals surface area contributed by atoms with Crippen molar-refractivity contribution in [3.05, 3.63) is 23.4 Å². The third-order valence-corrected chi connectivity index (χ3v) is 2.42. The summed E-state index contributed by atoms with van der Waals surface area (Å²) < 4.78 is 43.3. The number of fused-ring (bicyclic) bond motifs is 1. The third-order valence-electron chi connectivity index (χ3n) is 2.42. The molecule has 0 bridgehead atoms. The fraction of sp³-hybridized carbons (Fsp3) is 0.200. The second-order valence-corrected chi connectivity index (χ2v) is 3.55. The number of hydrogen-bond acceptors (Lipinski definition) is 4. The molecule has 0 radical (unpaired) electrons. The number of halogens is 3. The fourth-order valence-corrected chi connectivity index (χ4v) is 1.63. The van der Waals surface area contributed by atoms with Crippen LogP contribution in [0, 0.1) is 0 Å². The summed E-state index contributed by atoms with van der Waals surface area (Å²) in [6.45, 7) is 0. The average Bonchev–Trinajstić information content (AvgIpc) is 2.66. The van der Waals surface area contributed by atoms with Crippen LogP contribution in [0.25, 0.3) is 5.52 Å². The number of methoxy groups -OCH3 is 1. The molecule has 0 aliphatic heterocycles. The van der Waals surface area contributed by atoms with E-state index in [2.05, 4.69) is 5.10 Å². The molecule has 0 unspecified atom stereocenters. The minimum Gasteiger partial charge on any atom is -0.504 e. The van der Waals surface area contributed by atoms with Crippen molar-refractivity contribution in [3.8, 4) is 11.6 Å². The zero-order valence-electron chi connectivity index (χ0n) is 9.39. The van der Waals surface area contributed by atoms with Gasteiger partial charge in [-0.25, -0.2) is 4.79 Å². The van der Waals surface area contributed by atoms with Gasteiger partial charge in [-0.1, -0.05) is 0 Å². The number of rotatable bonds is 2. The van der Waals surface area contributed by atoms with Gasteiger partial charge < -0.3 is 14.9 Å². The van der Waals surface area contributed by atoms with Gasteiger partial charge in [0.15, 0.2) is 5.75 Å². The molecule has 2 aromatic rings. The Morgan fingerprint density at radius 1 is 1.42 bits per heavy atom. The fourth-order valence-electron chi connectivity index (χ4n) is 1.63. The van der Waals surface area contributed by atoms with E-state index >= 15 is 0 Å². The number of nitrogens with zero attached hydrogens (tertiary/aromatic N) is 2. The van der Waals surface area contributed by atoms with E-state index in [1.807, 2.05) is 0 Å². The number of pyridine rings is 1. The monoisotopic (exact) mass is 276 g/mol. The maximum Gasteiger partial charge on any atom is 0.438 e. The summed E-state index contributed by atoms with van der Waals surface area (Å²) >= 11 is 0. The van der Waals surface area contributed by atoms with Crippen molar-refractivity contribution in [2.45, 2.75) is 6.18 Å². The van der Waals surface area contributed by atoms with Crippen molar-refractivity contribution in [2.24, 2.45) is 0 Å². The Bertz CT molecular complexity index is 663. The molecule has 2 aromatic heterocycles. The number of alkyl halides is 3. The van der Waals surface area contributed by atoms with Crippen LogP contribution in [0.1, 0.15) is 16.1 Å². The van der Waals surface area contributed by atoms with E-state index in [1.54, 1.807) is 0 Å². The summed E-state index contributed by atoms with van der Waals surface area (Å²) in [5.41, 5.74) is -2.65. The first-order valence-electron chi connectivity index (χ1n) is 4.86. The molecule has 2 rings (SSSR count). The van der Waals surface area contributed by atoms with Crippen LogP contribution in [0.2, 0.25) is 0 Å². The average molecular weight is 276 g/mol. The zero-order valence-corrected chi connectivity index (χ0v) is 9.39.